The van der Waals surface area contributed by atoms with Gasteiger partial charge in [0.25, 0.3) is 0 Å². The summed E-state index contributed by atoms with van der Waals surface area (Å²) >= 11 is 1.39. The van der Waals surface area contributed by atoms with E-state index >= 15 is 0 Å². The molecule has 3 heterocycles. The second kappa shape index (κ2) is 7.85. The van der Waals surface area contributed by atoms with E-state index in [0.717, 1.165) is 32.5 Å². The molecule has 0 aromatic carbocycles. The quantitative estimate of drug-likeness (QED) is 0.801. The lowest BCUT2D eigenvalue weighted by Gasteiger charge is -2.31. The van der Waals surface area contributed by atoms with Crippen LogP contribution in [0.5, 0.6) is 0 Å². The molecule has 0 atom stereocenters. The van der Waals surface area contributed by atoms with Gasteiger partial charge < -0.3 is 19.2 Å². The van der Waals surface area contributed by atoms with Crippen LogP contribution in [0.4, 0.5) is 0 Å². The lowest BCUT2D eigenvalue weighted by molar-refractivity contribution is -0.119. The van der Waals surface area contributed by atoms with Gasteiger partial charge in [0.05, 0.1) is 12.0 Å². The summed E-state index contributed by atoms with van der Waals surface area (Å²) in [6.45, 7) is 5.38. The Hall–Kier alpha value is -1.80. The molecule has 1 N–H and O–H groups in total. The predicted octanol–water partition coefficient (Wildman–Crippen LogP) is 1.77. The minimum absolute atomic E-state index is 0.0532. The Morgan fingerprint density at radius 3 is 2.88 bits per heavy atom. The van der Waals surface area contributed by atoms with Crippen molar-refractivity contribution in [1.82, 2.24) is 25.0 Å². The van der Waals surface area contributed by atoms with Crippen molar-refractivity contribution in [2.45, 2.75) is 31.0 Å². The van der Waals surface area contributed by atoms with Crippen LogP contribution in [0.1, 0.15) is 19.8 Å². The average molecular weight is 349 g/mol. The summed E-state index contributed by atoms with van der Waals surface area (Å²) in [5.41, 5.74) is 0. The fourth-order valence-corrected chi connectivity index (χ4v) is 3.58. The molecule has 0 unspecified atom stereocenters. The zero-order valence-corrected chi connectivity index (χ0v) is 14.9. The third-order valence-corrected chi connectivity index (χ3v) is 5.33. The van der Waals surface area contributed by atoms with Crippen LogP contribution in [0, 0.1) is 0 Å². The van der Waals surface area contributed by atoms with E-state index in [1.807, 2.05) is 23.7 Å². The number of piperidine rings is 1. The Kier molecular flexibility index (Phi) is 5.57. The van der Waals surface area contributed by atoms with Crippen LogP contribution < -0.4 is 5.32 Å². The van der Waals surface area contributed by atoms with E-state index in [4.69, 9.17) is 4.42 Å². The number of hydrogen-bond donors (Lipinski definition) is 1. The Bertz CT molecular complexity index is 662. The highest BCUT2D eigenvalue weighted by Gasteiger charge is 2.20. The van der Waals surface area contributed by atoms with Gasteiger partial charge >= 0.3 is 0 Å². The third-order valence-electron chi connectivity index (χ3n) is 4.31. The highest BCUT2D eigenvalue weighted by molar-refractivity contribution is 7.99. The van der Waals surface area contributed by atoms with Crippen molar-refractivity contribution in [3.05, 3.63) is 18.4 Å². The van der Waals surface area contributed by atoms with Gasteiger partial charge in [-0.3, -0.25) is 4.79 Å². The Morgan fingerprint density at radius 2 is 2.21 bits per heavy atom. The number of likely N-dealkylation sites (tertiary alicyclic amines) is 1. The third kappa shape index (κ3) is 3.99. The average Bonchev–Trinajstić information content (AvgIpc) is 3.23. The fraction of sp³-hybridized carbons (Fsp3) is 0.562. The molecule has 0 radical (unpaired) electrons. The molecule has 7 nitrogen and oxygen atoms in total. The summed E-state index contributed by atoms with van der Waals surface area (Å²) in [5, 5.41) is 12.1. The molecule has 1 fully saturated rings. The number of thioether (sulfide) groups is 1. The zero-order valence-electron chi connectivity index (χ0n) is 14.1. The molecule has 2 aromatic rings. The number of carbonyl (C=O) groups excluding carboxylic acids is 1. The fourth-order valence-electron chi connectivity index (χ4n) is 2.85. The van der Waals surface area contributed by atoms with Crippen molar-refractivity contribution in [3.8, 4) is 11.6 Å². The summed E-state index contributed by atoms with van der Waals surface area (Å²) in [7, 11) is 1.87. The van der Waals surface area contributed by atoms with Crippen LogP contribution in [-0.4, -0.2) is 57.0 Å². The molecule has 1 aliphatic heterocycles. The van der Waals surface area contributed by atoms with E-state index in [9.17, 15) is 4.79 Å². The summed E-state index contributed by atoms with van der Waals surface area (Å²) in [6, 6.07) is 3.95. The molecule has 0 aliphatic carbocycles. The maximum absolute atomic E-state index is 12.2. The van der Waals surface area contributed by atoms with Crippen molar-refractivity contribution in [2.75, 3.05) is 25.4 Å². The van der Waals surface area contributed by atoms with Crippen molar-refractivity contribution in [3.63, 3.8) is 0 Å². The van der Waals surface area contributed by atoms with E-state index in [2.05, 4.69) is 27.3 Å². The second-order valence-corrected chi connectivity index (χ2v) is 6.85. The van der Waals surface area contributed by atoms with Gasteiger partial charge in [-0.15, -0.1) is 10.2 Å². The van der Waals surface area contributed by atoms with Crippen LogP contribution in [0.15, 0.2) is 28.0 Å². The zero-order chi connectivity index (χ0) is 16.9. The molecule has 3 rings (SSSR count). The molecule has 24 heavy (non-hydrogen) atoms. The Morgan fingerprint density at radius 1 is 1.42 bits per heavy atom. The molecule has 1 saturated heterocycles. The van der Waals surface area contributed by atoms with Crippen LogP contribution in [0.2, 0.25) is 0 Å². The first kappa shape index (κ1) is 17.0. The van der Waals surface area contributed by atoms with Crippen LogP contribution in [0.25, 0.3) is 11.6 Å². The van der Waals surface area contributed by atoms with E-state index in [-0.39, 0.29) is 5.91 Å². The van der Waals surface area contributed by atoms with Crippen LogP contribution in [0.3, 0.4) is 0 Å². The van der Waals surface area contributed by atoms with Gasteiger partial charge in [0.2, 0.25) is 5.91 Å². The molecule has 2 aromatic heterocycles. The number of nitrogens with one attached hydrogen (secondary N) is 1. The lowest BCUT2D eigenvalue weighted by Crippen LogP contribution is -2.45. The maximum atomic E-state index is 12.2. The minimum atomic E-state index is 0.0532. The molecule has 1 amide bonds. The van der Waals surface area contributed by atoms with Gasteiger partial charge in [-0.25, -0.2) is 0 Å². The molecule has 130 valence electrons. The van der Waals surface area contributed by atoms with Gasteiger partial charge in [0.15, 0.2) is 16.7 Å². The number of aromatic nitrogens is 3. The Labute approximate surface area is 145 Å². The summed E-state index contributed by atoms with van der Waals surface area (Å²) in [4.78, 5) is 14.6. The van der Waals surface area contributed by atoms with Crippen molar-refractivity contribution >= 4 is 17.7 Å². The smallest absolute Gasteiger partial charge is 0.230 e. The molecular formula is C16H23N5O2S. The molecule has 0 spiro atoms. The first-order chi connectivity index (χ1) is 11.7. The number of nitrogens with zero attached hydrogens (tertiary/aromatic N) is 4. The normalized spacial score (nSPS) is 16.4. The highest BCUT2D eigenvalue weighted by Crippen LogP contribution is 2.22. The number of hydrogen-bond acceptors (Lipinski definition) is 6. The second-order valence-electron chi connectivity index (χ2n) is 5.91. The number of furan rings is 1. The van der Waals surface area contributed by atoms with Crippen molar-refractivity contribution in [2.24, 2.45) is 7.05 Å². The van der Waals surface area contributed by atoms with E-state index in [0.29, 0.717) is 28.5 Å². The Balaban J connectivity index is 1.48. The SMILES string of the molecule is CCN1CCC(NC(=O)CSc2nnc(-c3ccco3)n2C)CC1. The largest absolute Gasteiger partial charge is 0.461 e. The van der Waals surface area contributed by atoms with E-state index in [1.165, 1.54) is 11.8 Å². The lowest BCUT2D eigenvalue weighted by atomic mass is 10.1. The van der Waals surface area contributed by atoms with Crippen molar-refractivity contribution < 1.29 is 9.21 Å². The number of amides is 1. The molecule has 0 bridgehead atoms. The first-order valence-electron chi connectivity index (χ1n) is 8.25. The van der Waals surface area contributed by atoms with E-state index < -0.39 is 0 Å². The number of rotatable bonds is 6. The number of carbonyl (C=O) groups is 1. The summed E-state index contributed by atoms with van der Waals surface area (Å²) in [6.07, 6.45) is 3.65. The molecule has 8 heteroatoms. The van der Waals surface area contributed by atoms with Gasteiger partial charge in [-0.1, -0.05) is 18.7 Å². The molecule has 1 aliphatic rings. The predicted molar refractivity (Wildman–Crippen MR) is 92.7 cm³/mol. The van der Waals surface area contributed by atoms with Gasteiger partial charge in [0.1, 0.15) is 0 Å². The van der Waals surface area contributed by atoms with Gasteiger partial charge in [0, 0.05) is 26.2 Å². The standard InChI is InChI=1S/C16H23N5O2S/c1-3-21-8-6-12(7-9-21)17-14(22)11-24-16-19-18-15(20(16)2)13-5-4-10-23-13/h4-5,10,12H,3,6-9,11H2,1-2H3,(H,17,22). The minimum Gasteiger partial charge on any atom is -0.461 e. The topological polar surface area (TPSA) is 76.2 Å². The van der Waals surface area contributed by atoms with Crippen molar-refractivity contribution in [1.29, 1.82) is 0 Å². The monoisotopic (exact) mass is 349 g/mol. The van der Waals surface area contributed by atoms with E-state index in [1.54, 1.807) is 6.26 Å². The summed E-state index contributed by atoms with van der Waals surface area (Å²) in [5.74, 6) is 1.73. The maximum Gasteiger partial charge on any atom is 0.230 e. The highest BCUT2D eigenvalue weighted by atomic mass is 32.2. The molecular weight excluding hydrogens is 326 g/mol. The van der Waals surface area contributed by atoms with Gasteiger partial charge in [-0.2, -0.15) is 0 Å². The first-order valence-corrected chi connectivity index (χ1v) is 9.23. The molecule has 0 saturated carbocycles. The van der Waals surface area contributed by atoms with Gasteiger partial charge in [-0.05, 0) is 31.5 Å². The summed E-state index contributed by atoms with van der Waals surface area (Å²) < 4.78 is 7.19. The van der Waals surface area contributed by atoms with Crippen LogP contribution >= 0.6 is 11.8 Å². The van der Waals surface area contributed by atoms with Crippen LogP contribution in [-0.2, 0) is 11.8 Å².